The van der Waals surface area contributed by atoms with Crippen LogP contribution >= 0.6 is 11.8 Å². The summed E-state index contributed by atoms with van der Waals surface area (Å²) in [5.74, 6) is 1.13. The maximum atomic E-state index is 11.6. The monoisotopic (exact) mass is 186 g/mol. The van der Waals surface area contributed by atoms with Gasteiger partial charge in [-0.3, -0.25) is 4.79 Å². The fourth-order valence-electron chi connectivity index (χ4n) is 1.40. The maximum absolute atomic E-state index is 11.6. The molecule has 0 aromatic carbocycles. The van der Waals surface area contributed by atoms with Gasteiger partial charge in [-0.25, -0.2) is 0 Å². The first-order valence-electron chi connectivity index (χ1n) is 4.56. The quantitative estimate of drug-likeness (QED) is 0.617. The van der Waals surface area contributed by atoms with Crippen LogP contribution in [0, 0.1) is 0 Å². The molecule has 1 aliphatic heterocycles. The lowest BCUT2D eigenvalue weighted by molar-refractivity contribution is -0.147. The number of carbonyl (C=O) groups is 1. The third kappa shape index (κ3) is 1.60. The molecule has 2 rings (SSSR count). The largest absolute Gasteiger partial charge is 0.461 e. The van der Waals surface area contributed by atoms with Gasteiger partial charge in [0, 0.05) is 0 Å². The Morgan fingerprint density at radius 1 is 1.58 bits per heavy atom. The van der Waals surface area contributed by atoms with E-state index in [0.29, 0.717) is 0 Å². The van der Waals surface area contributed by atoms with Gasteiger partial charge in [0.25, 0.3) is 0 Å². The van der Waals surface area contributed by atoms with Crippen molar-refractivity contribution in [1.29, 1.82) is 0 Å². The van der Waals surface area contributed by atoms with E-state index in [1.54, 1.807) is 11.8 Å². The summed E-state index contributed by atoms with van der Waals surface area (Å²) >= 11 is 1.75. The Labute approximate surface area is 77.0 Å². The van der Waals surface area contributed by atoms with Crippen molar-refractivity contribution < 1.29 is 9.53 Å². The van der Waals surface area contributed by atoms with Crippen LogP contribution < -0.4 is 0 Å². The van der Waals surface area contributed by atoms with E-state index in [4.69, 9.17) is 4.74 Å². The van der Waals surface area contributed by atoms with Gasteiger partial charge in [0.2, 0.25) is 0 Å². The van der Waals surface area contributed by atoms with Crippen molar-refractivity contribution in [3.63, 3.8) is 0 Å². The topological polar surface area (TPSA) is 26.3 Å². The number of hydrogen-bond acceptors (Lipinski definition) is 3. The summed E-state index contributed by atoms with van der Waals surface area (Å²) in [6.07, 6.45) is 4.55. The Kier molecular flexibility index (Phi) is 2.07. The molecule has 0 aromatic heterocycles. The van der Waals surface area contributed by atoms with Crippen LogP contribution in [0.5, 0.6) is 0 Å². The summed E-state index contributed by atoms with van der Waals surface area (Å²) in [6, 6.07) is 0. The molecule has 0 amide bonds. The minimum atomic E-state index is -0.220. The van der Waals surface area contributed by atoms with Crippen molar-refractivity contribution in [3.05, 3.63) is 0 Å². The lowest BCUT2D eigenvalue weighted by Gasteiger charge is -2.19. The van der Waals surface area contributed by atoms with Crippen LogP contribution in [0.15, 0.2) is 0 Å². The number of ether oxygens (including phenoxy) is 1. The summed E-state index contributed by atoms with van der Waals surface area (Å²) in [7, 11) is 0. The first-order chi connectivity index (χ1) is 5.71. The molecule has 2 fully saturated rings. The number of thioether (sulfide) groups is 1. The SMILES string of the molecule is CC1(C(=O)OC2CC2)CCCS1. The molecule has 1 saturated carbocycles. The zero-order valence-electron chi connectivity index (χ0n) is 7.34. The molecule has 12 heavy (non-hydrogen) atoms. The molecule has 1 atom stereocenters. The average molecular weight is 186 g/mol. The summed E-state index contributed by atoms with van der Waals surface area (Å²) in [6.45, 7) is 2.01. The predicted molar refractivity (Wildman–Crippen MR) is 49.2 cm³/mol. The van der Waals surface area contributed by atoms with Crippen molar-refractivity contribution in [2.45, 2.75) is 43.5 Å². The molecular weight excluding hydrogens is 172 g/mol. The van der Waals surface area contributed by atoms with Crippen LogP contribution in [-0.4, -0.2) is 22.6 Å². The van der Waals surface area contributed by atoms with Crippen molar-refractivity contribution in [2.75, 3.05) is 5.75 Å². The fourth-order valence-corrected chi connectivity index (χ4v) is 2.60. The second-order valence-electron chi connectivity index (χ2n) is 3.79. The molecule has 2 nitrogen and oxygen atoms in total. The van der Waals surface area contributed by atoms with Gasteiger partial charge in [-0.2, -0.15) is 0 Å². The molecule has 1 unspecified atom stereocenters. The maximum Gasteiger partial charge on any atom is 0.322 e. The molecule has 0 radical (unpaired) electrons. The third-order valence-corrected chi connectivity index (χ3v) is 3.95. The molecule has 3 heteroatoms. The molecule has 2 aliphatic rings. The van der Waals surface area contributed by atoms with Gasteiger partial charge in [0.1, 0.15) is 10.9 Å². The zero-order chi connectivity index (χ0) is 8.60. The summed E-state index contributed by atoms with van der Waals surface area (Å²) in [5.41, 5.74) is 0. The second-order valence-corrected chi connectivity index (χ2v) is 5.39. The van der Waals surface area contributed by atoms with Crippen LogP contribution in [0.3, 0.4) is 0 Å². The fraction of sp³-hybridized carbons (Fsp3) is 0.889. The highest BCUT2D eigenvalue weighted by Gasteiger charge is 2.41. The molecule has 68 valence electrons. The van der Waals surface area contributed by atoms with Crippen LogP contribution in [0.2, 0.25) is 0 Å². The van der Waals surface area contributed by atoms with Crippen LogP contribution in [0.1, 0.15) is 32.6 Å². The zero-order valence-corrected chi connectivity index (χ0v) is 8.15. The summed E-state index contributed by atoms with van der Waals surface area (Å²) in [5, 5.41) is 0. The third-order valence-electron chi connectivity index (χ3n) is 2.45. The van der Waals surface area contributed by atoms with Gasteiger partial charge in [-0.05, 0) is 38.4 Å². The van der Waals surface area contributed by atoms with E-state index in [1.165, 1.54) is 0 Å². The molecule has 0 spiro atoms. The lowest BCUT2D eigenvalue weighted by Crippen LogP contribution is -2.31. The standard InChI is InChI=1S/C9H14O2S/c1-9(5-2-6-12-9)8(10)11-7-3-4-7/h7H,2-6H2,1H3. The molecule has 0 aromatic rings. The summed E-state index contributed by atoms with van der Waals surface area (Å²) in [4.78, 5) is 11.6. The van der Waals surface area contributed by atoms with Gasteiger partial charge in [-0.1, -0.05) is 0 Å². The molecule has 1 aliphatic carbocycles. The Bertz CT molecular complexity index is 193. The van der Waals surface area contributed by atoms with Crippen LogP contribution in [-0.2, 0) is 9.53 Å². The van der Waals surface area contributed by atoms with Gasteiger partial charge in [0.15, 0.2) is 0 Å². The highest BCUT2D eigenvalue weighted by atomic mass is 32.2. The normalized spacial score (nSPS) is 35.1. The molecular formula is C9H14O2S. The van der Waals surface area contributed by atoms with Crippen LogP contribution in [0.4, 0.5) is 0 Å². The van der Waals surface area contributed by atoms with E-state index in [9.17, 15) is 4.79 Å². The first kappa shape index (κ1) is 8.42. The van der Waals surface area contributed by atoms with Crippen molar-refractivity contribution >= 4 is 17.7 Å². The van der Waals surface area contributed by atoms with Gasteiger partial charge >= 0.3 is 5.97 Å². The Balaban J connectivity index is 1.91. The van der Waals surface area contributed by atoms with E-state index in [0.717, 1.165) is 31.4 Å². The highest BCUT2D eigenvalue weighted by molar-refractivity contribution is 8.01. The van der Waals surface area contributed by atoms with Crippen molar-refractivity contribution in [1.82, 2.24) is 0 Å². The Hall–Kier alpha value is -0.180. The number of rotatable bonds is 2. The minimum absolute atomic E-state index is 0.0208. The van der Waals surface area contributed by atoms with E-state index >= 15 is 0 Å². The number of esters is 1. The van der Waals surface area contributed by atoms with E-state index in [2.05, 4.69) is 0 Å². The van der Waals surface area contributed by atoms with Gasteiger partial charge < -0.3 is 4.74 Å². The first-order valence-corrected chi connectivity index (χ1v) is 5.54. The minimum Gasteiger partial charge on any atom is -0.461 e. The Morgan fingerprint density at radius 2 is 2.33 bits per heavy atom. The molecule has 1 saturated heterocycles. The average Bonchev–Trinajstić information content (AvgIpc) is 2.73. The van der Waals surface area contributed by atoms with Gasteiger partial charge in [-0.15, -0.1) is 11.8 Å². The molecule has 0 N–H and O–H groups in total. The van der Waals surface area contributed by atoms with Crippen LogP contribution in [0.25, 0.3) is 0 Å². The van der Waals surface area contributed by atoms with Gasteiger partial charge in [0.05, 0.1) is 0 Å². The summed E-state index contributed by atoms with van der Waals surface area (Å²) < 4.78 is 5.07. The predicted octanol–water partition coefficient (Wildman–Crippen LogP) is 1.98. The van der Waals surface area contributed by atoms with Crippen molar-refractivity contribution in [2.24, 2.45) is 0 Å². The lowest BCUT2D eigenvalue weighted by atomic mass is 10.1. The molecule has 1 heterocycles. The second kappa shape index (κ2) is 2.95. The smallest absolute Gasteiger partial charge is 0.322 e. The van der Waals surface area contributed by atoms with E-state index in [1.807, 2.05) is 6.92 Å². The number of carbonyl (C=O) groups excluding carboxylic acids is 1. The Morgan fingerprint density at radius 3 is 2.83 bits per heavy atom. The van der Waals surface area contributed by atoms with E-state index in [-0.39, 0.29) is 16.8 Å². The molecule has 0 bridgehead atoms. The number of hydrogen-bond donors (Lipinski definition) is 0. The van der Waals surface area contributed by atoms with E-state index < -0.39 is 0 Å². The highest BCUT2D eigenvalue weighted by Crippen LogP contribution is 2.40. The van der Waals surface area contributed by atoms with Crippen molar-refractivity contribution in [3.8, 4) is 0 Å².